The first-order chi connectivity index (χ1) is 16.2. The van der Waals surface area contributed by atoms with E-state index in [0.29, 0.717) is 36.8 Å². The fourth-order valence-electron chi connectivity index (χ4n) is 3.33. The average Bonchev–Trinajstić information content (AvgIpc) is 3.19. The molecule has 0 fully saturated rings. The molecular weight excluding hydrogens is 418 g/mol. The van der Waals surface area contributed by atoms with Gasteiger partial charge in [-0.05, 0) is 42.8 Å². The Labute approximate surface area is 191 Å². The third kappa shape index (κ3) is 5.66. The maximum atomic E-state index is 12.9. The molecule has 8 heteroatoms. The second-order valence-electron chi connectivity index (χ2n) is 7.21. The quantitative estimate of drug-likeness (QED) is 0.368. The summed E-state index contributed by atoms with van der Waals surface area (Å²) in [5.41, 5.74) is 1.63. The SMILES string of the molecule is N#CCCCOc1cccnc1NC(=O)Cn1c(COc2ccccc2)nc2ccccc21. The number of carbonyl (C=O) groups excluding carboxylic acids is 1. The van der Waals surface area contributed by atoms with Crippen molar-refractivity contribution in [2.45, 2.75) is 26.0 Å². The van der Waals surface area contributed by atoms with Crippen molar-refractivity contribution >= 4 is 22.8 Å². The van der Waals surface area contributed by atoms with E-state index in [2.05, 4.69) is 21.4 Å². The van der Waals surface area contributed by atoms with Gasteiger partial charge in [-0.15, -0.1) is 0 Å². The van der Waals surface area contributed by atoms with Gasteiger partial charge in [0.15, 0.2) is 11.6 Å². The van der Waals surface area contributed by atoms with Crippen LogP contribution in [0.5, 0.6) is 11.5 Å². The molecule has 2 aromatic carbocycles. The Morgan fingerprint density at radius 1 is 1.03 bits per heavy atom. The lowest BCUT2D eigenvalue weighted by Gasteiger charge is -2.13. The van der Waals surface area contributed by atoms with Gasteiger partial charge in [0.1, 0.15) is 24.7 Å². The molecule has 1 N–H and O–H groups in total. The summed E-state index contributed by atoms with van der Waals surface area (Å²) in [7, 11) is 0. The van der Waals surface area contributed by atoms with Crippen LogP contribution in [0, 0.1) is 11.3 Å². The minimum atomic E-state index is -0.264. The summed E-state index contributed by atoms with van der Waals surface area (Å²) in [5.74, 6) is 1.91. The second-order valence-corrected chi connectivity index (χ2v) is 7.21. The monoisotopic (exact) mass is 441 g/mol. The van der Waals surface area contributed by atoms with E-state index in [9.17, 15) is 4.79 Å². The summed E-state index contributed by atoms with van der Waals surface area (Å²) in [6, 6.07) is 22.7. The van der Waals surface area contributed by atoms with Crippen molar-refractivity contribution in [3.63, 3.8) is 0 Å². The van der Waals surface area contributed by atoms with E-state index in [1.807, 2.05) is 59.2 Å². The first-order valence-corrected chi connectivity index (χ1v) is 10.6. The number of aromatic nitrogens is 3. The second kappa shape index (κ2) is 10.8. The van der Waals surface area contributed by atoms with Crippen LogP contribution < -0.4 is 14.8 Å². The predicted molar refractivity (Wildman–Crippen MR) is 124 cm³/mol. The standard InChI is InChI=1S/C25H23N5O3/c26-14-6-7-16-32-22-13-8-15-27-25(22)29-24(31)17-30-21-12-5-4-11-20(21)28-23(30)18-33-19-9-2-1-3-10-19/h1-5,8-13,15H,6-7,16-18H2,(H,27,29,31). The van der Waals surface area contributed by atoms with Gasteiger partial charge in [-0.25, -0.2) is 9.97 Å². The maximum Gasteiger partial charge on any atom is 0.245 e. The normalized spacial score (nSPS) is 10.5. The maximum absolute atomic E-state index is 12.9. The molecule has 166 valence electrons. The number of carbonyl (C=O) groups is 1. The average molecular weight is 441 g/mol. The lowest BCUT2D eigenvalue weighted by atomic mass is 10.3. The molecular formula is C25H23N5O3. The zero-order chi connectivity index (χ0) is 22.9. The Balaban J connectivity index is 1.49. The number of nitriles is 1. The van der Waals surface area contributed by atoms with Crippen LogP contribution >= 0.6 is 0 Å². The van der Waals surface area contributed by atoms with Crippen molar-refractivity contribution in [1.82, 2.24) is 14.5 Å². The molecule has 2 aromatic heterocycles. The van der Waals surface area contributed by atoms with E-state index >= 15 is 0 Å². The highest BCUT2D eigenvalue weighted by atomic mass is 16.5. The predicted octanol–water partition coefficient (Wildman–Crippen LogP) is 4.33. The highest BCUT2D eigenvalue weighted by Gasteiger charge is 2.16. The van der Waals surface area contributed by atoms with Gasteiger partial charge in [-0.1, -0.05) is 30.3 Å². The van der Waals surface area contributed by atoms with Gasteiger partial charge in [0.2, 0.25) is 5.91 Å². The molecule has 0 spiro atoms. The number of hydrogen-bond donors (Lipinski definition) is 1. The molecule has 8 nitrogen and oxygen atoms in total. The molecule has 1 amide bonds. The lowest BCUT2D eigenvalue weighted by molar-refractivity contribution is -0.116. The lowest BCUT2D eigenvalue weighted by Crippen LogP contribution is -2.21. The first kappa shape index (κ1) is 21.8. The molecule has 0 radical (unpaired) electrons. The number of imidazole rings is 1. The minimum absolute atomic E-state index is 0.0401. The molecule has 0 aliphatic carbocycles. The van der Waals surface area contributed by atoms with Gasteiger partial charge in [0.25, 0.3) is 0 Å². The number of nitrogens with zero attached hydrogens (tertiary/aromatic N) is 4. The summed E-state index contributed by atoms with van der Waals surface area (Å²) in [5, 5.41) is 11.5. The number of anilines is 1. The number of unbranched alkanes of at least 4 members (excludes halogenated alkanes) is 1. The van der Waals surface area contributed by atoms with Crippen molar-refractivity contribution < 1.29 is 14.3 Å². The Hall–Kier alpha value is -4.38. The van der Waals surface area contributed by atoms with Gasteiger partial charge >= 0.3 is 0 Å². The molecule has 0 aliphatic heterocycles. The van der Waals surface area contributed by atoms with Crippen LogP contribution in [-0.2, 0) is 17.9 Å². The van der Waals surface area contributed by atoms with Crippen LogP contribution in [0.2, 0.25) is 0 Å². The Morgan fingerprint density at radius 2 is 1.85 bits per heavy atom. The van der Waals surface area contributed by atoms with E-state index in [-0.39, 0.29) is 19.1 Å². The van der Waals surface area contributed by atoms with Crippen LogP contribution in [-0.4, -0.2) is 27.0 Å². The molecule has 0 atom stereocenters. The molecule has 2 heterocycles. The summed E-state index contributed by atoms with van der Waals surface area (Å²) >= 11 is 0. The van der Waals surface area contributed by atoms with Gasteiger partial charge in [0.05, 0.1) is 23.7 Å². The molecule has 0 saturated heterocycles. The third-order valence-electron chi connectivity index (χ3n) is 4.87. The highest BCUT2D eigenvalue weighted by Crippen LogP contribution is 2.22. The van der Waals surface area contributed by atoms with Crippen molar-refractivity contribution in [1.29, 1.82) is 5.26 Å². The van der Waals surface area contributed by atoms with E-state index in [4.69, 9.17) is 14.7 Å². The molecule has 0 unspecified atom stereocenters. The number of benzene rings is 2. The van der Waals surface area contributed by atoms with E-state index < -0.39 is 0 Å². The van der Waals surface area contributed by atoms with Crippen molar-refractivity contribution in [3.8, 4) is 17.6 Å². The Kier molecular flexibility index (Phi) is 7.13. The summed E-state index contributed by atoms with van der Waals surface area (Å²) in [6.07, 6.45) is 2.59. The number of amides is 1. The molecule has 0 aliphatic rings. The number of ether oxygens (including phenoxy) is 2. The molecule has 0 bridgehead atoms. The minimum Gasteiger partial charge on any atom is -0.490 e. The van der Waals surface area contributed by atoms with Crippen molar-refractivity contribution in [2.75, 3.05) is 11.9 Å². The van der Waals surface area contributed by atoms with Gasteiger partial charge < -0.3 is 19.4 Å². The number of fused-ring (bicyclic) bond motifs is 1. The van der Waals surface area contributed by atoms with Crippen LogP contribution in [0.3, 0.4) is 0 Å². The topological polar surface area (TPSA) is 102 Å². The van der Waals surface area contributed by atoms with Gasteiger partial charge in [-0.2, -0.15) is 5.26 Å². The van der Waals surface area contributed by atoms with Crippen LogP contribution in [0.15, 0.2) is 72.9 Å². The van der Waals surface area contributed by atoms with E-state index in [0.717, 1.165) is 16.8 Å². The number of pyridine rings is 1. The highest BCUT2D eigenvalue weighted by molar-refractivity contribution is 5.92. The largest absolute Gasteiger partial charge is 0.490 e. The number of rotatable bonds is 10. The zero-order valence-corrected chi connectivity index (χ0v) is 18.0. The number of para-hydroxylation sites is 3. The fourth-order valence-corrected chi connectivity index (χ4v) is 3.33. The first-order valence-electron chi connectivity index (χ1n) is 10.6. The van der Waals surface area contributed by atoms with E-state index in [1.54, 1.807) is 18.3 Å². The zero-order valence-electron chi connectivity index (χ0n) is 18.0. The van der Waals surface area contributed by atoms with Crippen LogP contribution in [0.1, 0.15) is 18.7 Å². The van der Waals surface area contributed by atoms with E-state index in [1.165, 1.54) is 0 Å². The van der Waals surface area contributed by atoms with Gasteiger partial charge in [-0.3, -0.25) is 4.79 Å². The molecule has 4 aromatic rings. The number of nitrogens with one attached hydrogen (secondary N) is 1. The molecule has 4 rings (SSSR count). The van der Waals surface area contributed by atoms with Crippen LogP contribution in [0.4, 0.5) is 5.82 Å². The number of hydrogen-bond acceptors (Lipinski definition) is 6. The summed E-state index contributed by atoms with van der Waals surface area (Å²) in [6.45, 7) is 0.635. The third-order valence-corrected chi connectivity index (χ3v) is 4.87. The van der Waals surface area contributed by atoms with Crippen molar-refractivity contribution in [2.24, 2.45) is 0 Å². The Morgan fingerprint density at radius 3 is 2.70 bits per heavy atom. The van der Waals surface area contributed by atoms with Crippen molar-refractivity contribution in [3.05, 3.63) is 78.8 Å². The summed E-state index contributed by atoms with van der Waals surface area (Å²) < 4.78 is 13.4. The summed E-state index contributed by atoms with van der Waals surface area (Å²) in [4.78, 5) is 21.8. The molecule has 33 heavy (non-hydrogen) atoms. The molecule has 0 saturated carbocycles. The van der Waals surface area contributed by atoms with Gasteiger partial charge in [0, 0.05) is 12.6 Å². The smallest absolute Gasteiger partial charge is 0.245 e. The Bertz CT molecular complexity index is 1260. The van der Waals surface area contributed by atoms with Crippen LogP contribution in [0.25, 0.3) is 11.0 Å². The fraction of sp³-hybridized carbons (Fsp3) is 0.200.